The highest BCUT2D eigenvalue weighted by Crippen LogP contribution is 2.15. The van der Waals surface area contributed by atoms with Gasteiger partial charge < -0.3 is 4.74 Å². The third-order valence-electron chi connectivity index (χ3n) is 5.71. The van der Waals surface area contributed by atoms with E-state index in [1.54, 1.807) is 0 Å². The Bertz CT molecular complexity index is 324. The van der Waals surface area contributed by atoms with Crippen LogP contribution in [0.2, 0.25) is 0 Å². The molecule has 2 heteroatoms. The second kappa shape index (κ2) is 21.2. The molecule has 0 rings (SSSR count). The lowest BCUT2D eigenvalue weighted by Gasteiger charge is -2.13. The van der Waals surface area contributed by atoms with Crippen LogP contribution in [0.5, 0.6) is 0 Å². The summed E-state index contributed by atoms with van der Waals surface area (Å²) < 4.78 is 5.51. The summed E-state index contributed by atoms with van der Waals surface area (Å²) in [5.41, 5.74) is 0. The minimum atomic E-state index is 0.0105. The molecule has 0 fully saturated rings. The van der Waals surface area contributed by atoms with E-state index in [1.807, 2.05) is 6.92 Å². The van der Waals surface area contributed by atoms with E-state index in [1.165, 1.54) is 103 Å². The van der Waals surface area contributed by atoms with Crippen LogP contribution in [0.4, 0.5) is 0 Å². The normalized spacial score (nSPS) is 12.5. The summed E-state index contributed by atoms with van der Waals surface area (Å²) in [6.45, 7) is 8.90. The lowest BCUT2D eigenvalue weighted by molar-refractivity contribution is -0.148. The molecule has 2 nitrogen and oxygen atoms in total. The van der Waals surface area contributed by atoms with Gasteiger partial charge in [0.15, 0.2) is 0 Å². The van der Waals surface area contributed by atoms with E-state index in [4.69, 9.17) is 4.74 Å². The zero-order chi connectivity index (χ0) is 20.9. The minimum absolute atomic E-state index is 0.0105. The first-order valence-electron chi connectivity index (χ1n) is 12.8. The number of carbonyl (C=O) groups is 1. The molecule has 168 valence electrons. The molecular formula is C26H52O2. The first-order valence-corrected chi connectivity index (χ1v) is 12.8. The SMILES string of the molecule is CCCCCCC(C)OC(=O)CCCCCCCCCCCCCCC(C)C. The van der Waals surface area contributed by atoms with Gasteiger partial charge in [-0.25, -0.2) is 0 Å². The quantitative estimate of drug-likeness (QED) is 0.143. The Labute approximate surface area is 177 Å². The summed E-state index contributed by atoms with van der Waals surface area (Å²) >= 11 is 0. The van der Waals surface area contributed by atoms with Crippen molar-refractivity contribution in [3.63, 3.8) is 0 Å². The van der Waals surface area contributed by atoms with Gasteiger partial charge in [-0.15, -0.1) is 0 Å². The second-order valence-corrected chi connectivity index (χ2v) is 9.32. The Kier molecular flexibility index (Phi) is 20.8. The van der Waals surface area contributed by atoms with Crippen molar-refractivity contribution >= 4 is 5.97 Å². The van der Waals surface area contributed by atoms with Gasteiger partial charge in [0.05, 0.1) is 6.10 Å². The van der Waals surface area contributed by atoms with E-state index in [9.17, 15) is 4.79 Å². The fourth-order valence-electron chi connectivity index (χ4n) is 3.79. The first-order chi connectivity index (χ1) is 13.6. The number of hydrogen-bond acceptors (Lipinski definition) is 2. The van der Waals surface area contributed by atoms with Crippen LogP contribution in [0.3, 0.4) is 0 Å². The predicted octanol–water partition coefficient (Wildman–Crippen LogP) is 9.01. The van der Waals surface area contributed by atoms with Gasteiger partial charge in [0.25, 0.3) is 0 Å². The maximum absolute atomic E-state index is 11.9. The lowest BCUT2D eigenvalue weighted by atomic mass is 10.0. The second-order valence-electron chi connectivity index (χ2n) is 9.32. The third-order valence-corrected chi connectivity index (χ3v) is 5.71. The van der Waals surface area contributed by atoms with Gasteiger partial charge in [0, 0.05) is 6.42 Å². The van der Waals surface area contributed by atoms with Crippen molar-refractivity contribution in [2.75, 3.05) is 0 Å². The molecule has 0 aliphatic heterocycles. The summed E-state index contributed by atoms with van der Waals surface area (Å²) in [6, 6.07) is 0. The molecule has 0 N–H and O–H groups in total. The first kappa shape index (κ1) is 27.5. The van der Waals surface area contributed by atoms with Crippen LogP contribution in [0.25, 0.3) is 0 Å². The van der Waals surface area contributed by atoms with Crippen LogP contribution < -0.4 is 0 Å². The maximum Gasteiger partial charge on any atom is 0.306 e. The Morgan fingerprint density at radius 1 is 0.607 bits per heavy atom. The molecule has 0 amide bonds. The van der Waals surface area contributed by atoms with Crippen molar-refractivity contribution in [1.82, 2.24) is 0 Å². The molecule has 0 aliphatic rings. The van der Waals surface area contributed by atoms with Crippen LogP contribution in [0, 0.1) is 5.92 Å². The van der Waals surface area contributed by atoms with Crippen molar-refractivity contribution < 1.29 is 9.53 Å². The van der Waals surface area contributed by atoms with Gasteiger partial charge in [-0.1, -0.05) is 117 Å². The van der Waals surface area contributed by atoms with Crippen molar-refractivity contribution in [2.24, 2.45) is 5.92 Å². The van der Waals surface area contributed by atoms with Gasteiger partial charge in [-0.2, -0.15) is 0 Å². The molecule has 0 aromatic carbocycles. The zero-order valence-electron chi connectivity index (χ0n) is 19.9. The molecular weight excluding hydrogens is 344 g/mol. The number of esters is 1. The Hall–Kier alpha value is -0.530. The van der Waals surface area contributed by atoms with Gasteiger partial charge >= 0.3 is 5.97 Å². The Morgan fingerprint density at radius 2 is 1.04 bits per heavy atom. The maximum atomic E-state index is 11.9. The van der Waals surface area contributed by atoms with Crippen molar-refractivity contribution in [1.29, 1.82) is 0 Å². The molecule has 0 bridgehead atoms. The summed E-state index contributed by atoms with van der Waals surface area (Å²) in [5.74, 6) is 0.880. The average molecular weight is 397 g/mol. The number of ether oxygens (including phenoxy) is 1. The zero-order valence-corrected chi connectivity index (χ0v) is 19.9. The highest BCUT2D eigenvalue weighted by molar-refractivity contribution is 5.69. The van der Waals surface area contributed by atoms with E-state index < -0.39 is 0 Å². The average Bonchev–Trinajstić information content (AvgIpc) is 2.65. The largest absolute Gasteiger partial charge is 0.463 e. The van der Waals surface area contributed by atoms with Gasteiger partial charge in [0.2, 0.25) is 0 Å². The number of carbonyl (C=O) groups excluding carboxylic acids is 1. The van der Waals surface area contributed by atoms with E-state index in [0.717, 1.165) is 18.8 Å². The number of rotatable bonds is 21. The molecule has 0 saturated carbocycles. The van der Waals surface area contributed by atoms with E-state index in [2.05, 4.69) is 20.8 Å². The smallest absolute Gasteiger partial charge is 0.306 e. The van der Waals surface area contributed by atoms with Crippen LogP contribution in [-0.2, 0) is 9.53 Å². The molecule has 0 heterocycles. The van der Waals surface area contributed by atoms with E-state index >= 15 is 0 Å². The van der Waals surface area contributed by atoms with Crippen LogP contribution in [-0.4, -0.2) is 12.1 Å². The van der Waals surface area contributed by atoms with E-state index in [0.29, 0.717) is 6.42 Å². The molecule has 0 radical (unpaired) electrons. The van der Waals surface area contributed by atoms with Crippen molar-refractivity contribution in [3.05, 3.63) is 0 Å². The topological polar surface area (TPSA) is 26.3 Å². The molecule has 0 aliphatic carbocycles. The Balaban J connectivity index is 3.24. The van der Waals surface area contributed by atoms with Gasteiger partial charge in [0.1, 0.15) is 0 Å². The minimum Gasteiger partial charge on any atom is -0.463 e. The summed E-state index contributed by atoms with van der Waals surface area (Å²) in [6.07, 6.45) is 24.2. The van der Waals surface area contributed by atoms with Crippen LogP contribution in [0.15, 0.2) is 0 Å². The fourth-order valence-corrected chi connectivity index (χ4v) is 3.79. The summed E-state index contributed by atoms with van der Waals surface area (Å²) in [5, 5.41) is 0. The number of hydrogen-bond donors (Lipinski definition) is 0. The number of unbranched alkanes of at least 4 members (excludes halogenated alkanes) is 14. The van der Waals surface area contributed by atoms with Crippen molar-refractivity contribution in [2.45, 2.75) is 156 Å². The molecule has 0 aromatic heterocycles. The molecule has 0 saturated heterocycles. The highest BCUT2D eigenvalue weighted by Gasteiger charge is 2.08. The van der Waals surface area contributed by atoms with Gasteiger partial charge in [-0.05, 0) is 32.1 Å². The van der Waals surface area contributed by atoms with E-state index in [-0.39, 0.29) is 12.1 Å². The predicted molar refractivity (Wildman–Crippen MR) is 124 cm³/mol. The Morgan fingerprint density at radius 3 is 1.54 bits per heavy atom. The van der Waals surface area contributed by atoms with Crippen molar-refractivity contribution in [3.8, 4) is 0 Å². The summed E-state index contributed by atoms with van der Waals surface area (Å²) in [7, 11) is 0. The molecule has 1 unspecified atom stereocenters. The van der Waals surface area contributed by atoms with Gasteiger partial charge in [-0.3, -0.25) is 4.79 Å². The van der Waals surface area contributed by atoms with Crippen LogP contribution >= 0.6 is 0 Å². The monoisotopic (exact) mass is 396 g/mol. The standard InChI is InChI=1S/C26H52O2/c1-5-6-7-19-22-25(4)28-26(27)23-20-17-15-13-11-9-8-10-12-14-16-18-21-24(2)3/h24-25H,5-23H2,1-4H3. The highest BCUT2D eigenvalue weighted by atomic mass is 16.5. The van der Waals surface area contributed by atoms with Crippen LogP contribution in [0.1, 0.15) is 150 Å². The molecule has 0 aromatic rings. The molecule has 28 heavy (non-hydrogen) atoms. The molecule has 0 spiro atoms. The fraction of sp³-hybridized carbons (Fsp3) is 0.962. The summed E-state index contributed by atoms with van der Waals surface area (Å²) in [4.78, 5) is 11.9. The lowest BCUT2D eigenvalue weighted by Crippen LogP contribution is -2.14. The molecule has 1 atom stereocenters. The third kappa shape index (κ3) is 21.8.